The predicted octanol–water partition coefficient (Wildman–Crippen LogP) is 5.88. The highest BCUT2D eigenvalue weighted by Gasteiger charge is 2.33. The van der Waals surface area contributed by atoms with Crippen LogP contribution in [0.4, 0.5) is 8.78 Å². The summed E-state index contributed by atoms with van der Waals surface area (Å²) >= 11 is 0. The van der Waals surface area contributed by atoms with Crippen molar-refractivity contribution < 1.29 is 28.6 Å². The lowest BCUT2D eigenvalue weighted by Gasteiger charge is -2.21. The van der Waals surface area contributed by atoms with Crippen molar-refractivity contribution in [3.63, 3.8) is 0 Å². The first kappa shape index (κ1) is 26.2. The Balaban J connectivity index is 1.81. The zero-order chi connectivity index (χ0) is 23.3. The van der Waals surface area contributed by atoms with Gasteiger partial charge in [-0.3, -0.25) is 4.79 Å². The SMILES string of the molecule is CCO/N=C1/CC[C@H](CCCCCCC(=O)O)[C@H]1CC[C@@H](O)CCc1cc(F)cc(F)c1. The van der Waals surface area contributed by atoms with Crippen molar-refractivity contribution in [2.75, 3.05) is 6.61 Å². The number of aliphatic carboxylic acids is 1. The Bertz CT molecular complexity index is 720. The summed E-state index contributed by atoms with van der Waals surface area (Å²) in [5.41, 5.74) is 1.63. The lowest BCUT2D eigenvalue weighted by Crippen LogP contribution is -2.19. The van der Waals surface area contributed by atoms with Crippen LogP contribution in [0.25, 0.3) is 0 Å². The first-order chi connectivity index (χ1) is 15.4. The van der Waals surface area contributed by atoms with Crippen molar-refractivity contribution >= 4 is 11.7 Å². The molecule has 0 saturated heterocycles. The van der Waals surface area contributed by atoms with Crippen molar-refractivity contribution in [2.45, 2.75) is 90.1 Å². The van der Waals surface area contributed by atoms with Crippen molar-refractivity contribution in [1.82, 2.24) is 0 Å². The van der Waals surface area contributed by atoms with E-state index in [2.05, 4.69) is 5.16 Å². The summed E-state index contributed by atoms with van der Waals surface area (Å²) in [4.78, 5) is 15.9. The minimum atomic E-state index is -0.737. The fraction of sp³-hybridized carbons (Fsp3) is 0.680. The monoisotopic (exact) mass is 453 g/mol. The Morgan fingerprint density at radius 2 is 1.84 bits per heavy atom. The second-order valence-corrected chi connectivity index (χ2v) is 8.80. The van der Waals surface area contributed by atoms with Gasteiger partial charge < -0.3 is 15.1 Å². The van der Waals surface area contributed by atoms with E-state index in [4.69, 9.17) is 9.94 Å². The summed E-state index contributed by atoms with van der Waals surface area (Å²) in [6, 6.07) is 3.48. The number of oxime groups is 1. The van der Waals surface area contributed by atoms with E-state index in [-0.39, 0.29) is 12.3 Å². The molecule has 1 aliphatic carbocycles. The van der Waals surface area contributed by atoms with Crippen LogP contribution in [0, 0.1) is 23.5 Å². The molecule has 5 nitrogen and oxygen atoms in total. The fourth-order valence-corrected chi connectivity index (χ4v) is 4.64. The second kappa shape index (κ2) is 14.2. The summed E-state index contributed by atoms with van der Waals surface area (Å²) in [5.74, 6) is -1.15. The molecule has 180 valence electrons. The number of nitrogens with zero attached hydrogens (tertiary/aromatic N) is 1. The van der Waals surface area contributed by atoms with Gasteiger partial charge in [-0.25, -0.2) is 8.78 Å². The minimum Gasteiger partial charge on any atom is -0.481 e. The molecule has 2 rings (SSSR count). The summed E-state index contributed by atoms with van der Waals surface area (Å²) in [5, 5.41) is 23.5. The number of hydrogen-bond acceptors (Lipinski definition) is 4. The number of unbranched alkanes of at least 4 members (excludes halogenated alkanes) is 3. The van der Waals surface area contributed by atoms with Crippen LogP contribution in [-0.4, -0.2) is 34.6 Å². The molecule has 1 saturated carbocycles. The fourth-order valence-electron chi connectivity index (χ4n) is 4.64. The summed E-state index contributed by atoms with van der Waals surface area (Å²) in [7, 11) is 0. The molecule has 32 heavy (non-hydrogen) atoms. The average Bonchev–Trinajstić information content (AvgIpc) is 3.12. The van der Waals surface area contributed by atoms with E-state index in [1.54, 1.807) is 0 Å². The highest BCUT2D eigenvalue weighted by molar-refractivity contribution is 5.88. The van der Waals surface area contributed by atoms with Crippen LogP contribution in [0.5, 0.6) is 0 Å². The smallest absolute Gasteiger partial charge is 0.303 e. The largest absolute Gasteiger partial charge is 0.481 e. The molecule has 2 N–H and O–H groups in total. The third kappa shape index (κ3) is 9.63. The highest BCUT2D eigenvalue weighted by Crippen LogP contribution is 2.37. The standard InChI is InChI=1S/C25H37F2NO4/c1-2-32-28-24-14-10-19(7-5-3-4-6-8-25(30)31)23(24)13-12-22(29)11-9-18-15-20(26)17-21(27)16-18/h15-17,19,22-23,29H,2-14H2,1H3,(H,30,31)/b28-24-/t19-,22-,23+/m0/s1. The van der Waals surface area contributed by atoms with E-state index >= 15 is 0 Å². The maximum absolute atomic E-state index is 13.3. The van der Waals surface area contributed by atoms with Gasteiger partial charge in [-0.1, -0.05) is 24.4 Å². The first-order valence-electron chi connectivity index (χ1n) is 11.9. The van der Waals surface area contributed by atoms with E-state index < -0.39 is 23.7 Å². The van der Waals surface area contributed by atoms with Crippen LogP contribution < -0.4 is 0 Å². The Kier molecular flexibility index (Phi) is 11.6. The third-order valence-corrected chi connectivity index (χ3v) is 6.29. The van der Waals surface area contributed by atoms with Crippen LogP contribution in [-0.2, 0) is 16.1 Å². The number of halogens is 2. The molecule has 0 bridgehead atoms. The molecule has 0 aromatic heterocycles. The van der Waals surface area contributed by atoms with Gasteiger partial charge >= 0.3 is 5.97 Å². The third-order valence-electron chi connectivity index (χ3n) is 6.29. The van der Waals surface area contributed by atoms with E-state index in [9.17, 15) is 18.7 Å². The van der Waals surface area contributed by atoms with Crippen LogP contribution in [0.2, 0.25) is 0 Å². The van der Waals surface area contributed by atoms with Crippen LogP contribution >= 0.6 is 0 Å². The molecule has 0 unspecified atom stereocenters. The molecular formula is C25H37F2NO4. The highest BCUT2D eigenvalue weighted by atomic mass is 19.1. The van der Waals surface area contributed by atoms with Gasteiger partial charge in [0.1, 0.15) is 18.2 Å². The van der Waals surface area contributed by atoms with E-state index in [1.165, 1.54) is 12.1 Å². The Labute approximate surface area is 189 Å². The van der Waals surface area contributed by atoms with Crippen LogP contribution in [0.1, 0.15) is 83.1 Å². The van der Waals surface area contributed by atoms with Gasteiger partial charge in [0.25, 0.3) is 0 Å². The molecule has 1 fully saturated rings. The quantitative estimate of drug-likeness (QED) is 0.257. The Hall–Kier alpha value is -2.02. The van der Waals surface area contributed by atoms with Crippen LogP contribution in [0.3, 0.4) is 0 Å². The number of carbonyl (C=O) groups is 1. The van der Waals surface area contributed by atoms with Gasteiger partial charge in [0.05, 0.1) is 11.8 Å². The van der Waals surface area contributed by atoms with Crippen molar-refractivity contribution in [2.24, 2.45) is 17.0 Å². The number of aliphatic hydroxyl groups excluding tert-OH is 1. The lowest BCUT2D eigenvalue weighted by molar-refractivity contribution is -0.137. The minimum absolute atomic E-state index is 0.234. The number of aryl methyl sites for hydroxylation is 1. The molecule has 0 heterocycles. The number of benzene rings is 1. The van der Waals surface area contributed by atoms with E-state index in [0.717, 1.165) is 63.1 Å². The predicted molar refractivity (Wildman–Crippen MR) is 121 cm³/mol. The average molecular weight is 454 g/mol. The zero-order valence-corrected chi connectivity index (χ0v) is 19.1. The molecule has 0 aliphatic heterocycles. The van der Waals surface area contributed by atoms with Crippen molar-refractivity contribution in [3.8, 4) is 0 Å². The van der Waals surface area contributed by atoms with E-state index in [0.29, 0.717) is 37.4 Å². The van der Waals surface area contributed by atoms with Crippen molar-refractivity contribution in [3.05, 3.63) is 35.4 Å². The molecule has 1 aromatic carbocycles. The molecule has 1 aliphatic rings. The molecule has 1 aromatic rings. The summed E-state index contributed by atoms with van der Waals surface area (Å²) in [6.45, 7) is 2.43. The van der Waals surface area contributed by atoms with Gasteiger partial charge in [-0.2, -0.15) is 0 Å². The topological polar surface area (TPSA) is 79.1 Å². The molecular weight excluding hydrogens is 416 g/mol. The normalized spacial score (nSPS) is 20.6. The molecule has 0 radical (unpaired) electrons. The van der Waals surface area contributed by atoms with Gasteiger partial charge in [0.15, 0.2) is 0 Å². The van der Waals surface area contributed by atoms with E-state index in [1.807, 2.05) is 6.92 Å². The van der Waals surface area contributed by atoms with Crippen LogP contribution in [0.15, 0.2) is 23.4 Å². The van der Waals surface area contributed by atoms with Gasteiger partial charge in [0.2, 0.25) is 0 Å². The maximum atomic E-state index is 13.3. The molecule has 3 atom stereocenters. The Morgan fingerprint density at radius 1 is 1.12 bits per heavy atom. The van der Waals surface area contributed by atoms with Gasteiger partial charge in [0, 0.05) is 18.4 Å². The summed E-state index contributed by atoms with van der Waals surface area (Å²) in [6.07, 6.45) is 8.81. The summed E-state index contributed by atoms with van der Waals surface area (Å²) < 4.78 is 26.7. The zero-order valence-electron chi connectivity index (χ0n) is 19.1. The number of hydrogen-bond donors (Lipinski definition) is 2. The first-order valence-corrected chi connectivity index (χ1v) is 11.9. The number of carboxylic acid groups (broad SMARTS) is 1. The number of aliphatic hydroxyl groups is 1. The molecule has 0 amide bonds. The molecule has 7 heteroatoms. The van der Waals surface area contributed by atoms with Gasteiger partial charge in [-0.15, -0.1) is 0 Å². The Morgan fingerprint density at radius 3 is 2.53 bits per heavy atom. The number of rotatable bonds is 15. The molecule has 0 spiro atoms. The van der Waals surface area contributed by atoms with Crippen molar-refractivity contribution in [1.29, 1.82) is 0 Å². The number of carboxylic acids is 1. The second-order valence-electron chi connectivity index (χ2n) is 8.80. The lowest BCUT2D eigenvalue weighted by atomic mass is 9.85. The maximum Gasteiger partial charge on any atom is 0.303 e. The van der Waals surface area contributed by atoms with Gasteiger partial charge in [-0.05, 0) is 81.9 Å².